The lowest BCUT2D eigenvalue weighted by Gasteiger charge is -2.24. The van der Waals surface area contributed by atoms with Crippen molar-refractivity contribution >= 4 is 19.8 Å². The standard InChI is InChI=1S/C78H142NO8P/c1-6-8-10-12-14-16-18-20-22-24-26-28-30-32-34-36-37-38-39-40-41-43-44-46-48-50-52-54-56-58-60-62-64-66-68-70-77(80)84-74-76(75-86-88(82,83)85-73-72-79(3,4)5)87-78(81)71-69-67-65-63-61-59-57-55-53-51-49-47-45-42-35-33-31-29-27-25-23-21-19-17-15-13-11-9-7-2/h9,11,15,17,21,23-24,26-27,29,33,35,45,47,76H,6-8,10,12-14,16,18-20,22,25,28,30-32,34,36-44,46,48-75H2,1-5H3/p+1/b11-9-,17-15-,23-21-,26-24-,29-27-,35-33-,47-45-. The van der Waals surface area contributed by atoms with Crippen LogP contribution in [0.3, 0.4) is 0 Å². The molecule has 0 saturated carbocycles. The van der Waals surface area contributed by atoms with E-state index >= 15 is 0 Å². The van der Waals surface area contributed by atoms with Crippen LogP contribution >= 0.6 is 7.82 Å². The Bertz CT molecular complexity index is 1760. The minimum Gasteiger partial charge on any atom is -0.462 e. The fourth-order valence-electron chi connectivity index (χ4n) is 10.7. The van der Waals surface area contributed by atoms with Crippen molar-refractivity contribution in [2.45, 2.75) is 354 Å². The average Bonchev–Trinajstić information content (AvgIpc) is 3.68. The molecule has 0 heterocycles. The smallest absolute Gasteiger partial charge is 0.462 e. The van der Waals surface area contributed by atoms with Gasteiger partial charge in [0.05, 0.1) is 27.7 Å². The van der Waals surface area contributed by atoms with E-state index < -0.39 is 26.5 Å². The third-order valence-corrected chi connectivity index (χ3v) is 17.4. The van der Waals surface area contributed by atoms with Gasteiger partial charge < -0.3 is 18.9 Å². The van der Waals surface area contributed by atoms with E-state index in [2.05, 4.69) is 98.9 Å². The SMILES string of the molecule is CC/C=C\C/C=C\C/C=C\C/C=C\C/C=C\C/C=C\CCCCCCCCCCCCC(=O)OC(COC(=O)CCCCCCCCCCCCCCCCCCCCCCCCC/C=C\CCCCCCCCCC)COP(=O)(O)OCC[N+](C)(C)C. The molecule has 0 aromatic carbocycles. The number of esters is 2. The van der Waals surface area contributed by atoms with Crippen molar-refractivity contribution in [2.24, 2.45) is 0 Å². The molecule has 512 valence electrons. The number of hydrogen-bond donors (Lipinski definition) is 1. The summed E-state index contributed by atoms with van der Waals surface area (Å²) in [4.78, 5) is 35.9. The number of nitrogens with zero attached hydrogens (tertiary/aromatic N) is 1. The predicted octanol–water partition coefficient (Wildman–Crippen LogP) is 24.5. The maximum atomic E-state index is 12.9. The molecule has 1 N–H and O–H groups in total. The number of quaternary nitrogens is 1. The average molecular weight is 1250 g/mol. The van der Waals surface area contributed by atoms with E-state index in [1.54, 1.807) is 0 Å². The van der Waals surface area contributed by atoms with E-state index in [0.29, 0.717) is 17.4 Å². The van der Waals surface area contributed by atoms with Crippen LogP contribution in [0, 0.1) is 0 Å². The van der Waals surface area contributed by atoms with Crippen molar-refractivity contribution in [1.29, 1.82) is 0 Å². The van der Waals surface area contributed by atoms with Gasteiger partial charge in [0, 0.05) is 12.8 Å². The van der Waals surface area contributed by atoms with Gasteiger partial charge in [0.15, 0.2) is 6.10 Å². The van der Waals surface area contributed by atoms with E-state index in [4.69, 9.17) is 18.5 Å². The molecule has 0 rings (SSSR count). The second-order valence-corrected chi connectivity index (χ2v) is 27.8. The highest BCUT2D eigenvalue weighted by Crippen LogP contribution is 2.43. The van der Waals surface area contributed by atoms with Gasteiger partial charge in [0.1, 0.15) is 19.8 Å². The first kappa shape index (κ1) is 85.2. The predicted molar refractivity (Wildman–Crippen MR) is 381 cm³/mol. The van der Waals surface area contributed by atoms with E-state index in [-0.39, 0.29) is 32.0 Å². The van der Waals surface area contributed by atoms with Gasteiger partial charge in [-0.15, -0.1) is 0 Å². The monoisotopic (exact) mass is 1250 g/mol. The summed E-state index contributed by atoms with van der Waals surface area (Å²) in [7, 11) is 1.48. The molecule has 2 atom stereocenters. The van der Waals surface area contributed by atoms with Crippen LogP contribution in [0.1, 0.15) is 348 Å². The molecule has 2 unspecified atom stereocenters. The number of ether oxygens (including phenoxy) is 2. The van der Waals surface area contributed by atoms with Crippen LogP contribution in [0.2, 0.25) is 0 Å². The van der Waals surface area contributed by atoms with Gasteiger partial charge in [-0.3, -0.25) is 18.6 Å². The third kappa shape index (κ3) is 72.3. The molecule has 0 aliphatic carbocycles. The number of allylic oxidation sites excluding steroid dienone is 14. The molecule has 0 saturated heterocycles. The number of likely N-dealkylation sites (N-methyl/N-ethyl adjacent to an activating group) is 1. The number of unbranched alkanes of at least 4 members (excludes halogenated alkanes) is 41. The Labute approximate surface area is 545 Å². The maximum Gasteiger partial charge on any atom is 0.472 e. The fraction of sp³-hybridized carbons (Fsp3) is 0.795. The molecule has 0 aromatic heterocycles. The van der Waals surface area contributed by atoms with Crippen molar-refractivity contribution in [2.75, 3.05) is 47.5 Å². The van der Waals surface area contributed by atoms with E-state index in [0.717, 1.165) is 83.5 Å². The maximum absolute atomic E-state index is 12.9. The summed E-state index contributed by atoms with van der Waals surface area (Å²) in [5, 5.41) is 0. The molecular weight excluding hydrogens is 1110 g/mol. The summed E-state index contributed by atoms with van der Waals surface area (Å²) in [6, 6.07) is 0. The second kappa shape index (κ2) is 68.6. The van der Waals surface area contributed by atoms with Crippen LogP contribution in [0.15, 0.2) is 85.1 Å². The Morgan fingerprint density at radius 3 is 0.977 bits per heavy atom. The topological polar surface area (TPSA) is 108 Å². The van der Waals surface area contributed by atoms with Crippen LogP contribution in [-0.2, 0) is 32.7 Å². The molecule has 0 radical (unpaired) electrons. The van der Waals surface area contributed by atoms with Gasteiger partial charge in [-0.05, 0) is 89.9 Å². The van der Waals surface area contributed by atoms with Crippen LogP contribution in [-0.4, -0.2) is 74.9 Å². The van der Waals surface area contributed by atoms with Gasteiger partial charge in [0.25, 0.3) is 0 Å². The fourth-order valence-corrected chi connectivity index (χ4v) is 11.5. The number of phosphoric ester groups is 1. The van der Waals surface area contributed by atoms with Gasteiger partial charge >= 0.3 is 19.8 Å². The van der Waals surface area contributed by atoms with Crippen LogP contribution in [0.5, 0.6) is 0 Å². The molecular formula is C78H143NO8P+. The lowest BCUT2D eigenvalue weighted by atomic mass is 10.0. The second-order valence-electron chi connectivity index (χ2n) is 26.3. The van der Waals surface area contributed by atoms with Crippen molar-refractivity contribution < 1.29 is 42.1 Å². The van der Waals surface area contributed by atoms with Crippen LogP contribution in [0.4, 0.5) is 0 Å². The number of hydrogen-bond acceptors (Lipinski definition) is 7. The molecule has 10 heteroatoms. The molecule has 0 spiro atoms. The Hall–Kier alpha value is -2.81. The highest BCUT2D eigenvalue weighted by atomic mass is 31.2. The molecule has 9 nitrogen and oxygen atoms in total. The minimum atomic E-state index is -4.40. The highest BCUT2D eigenvalue weighted by molar-refractivity contribution is 7.47. The number of phosphoric acid groups is 1. The lowest BCUT2D eigenvalue weighted by molar-refractivity contribution is -0.870. The molecule has 0 bridgehead atoms. The summed E-state index contributed by atoms with van der Waals surface area (Å²) in [6.07, 6.45) is 94.2. The zero-order valence-electron chi connectivity index (χ0n) is 58.5. The minimum absolute atomic E-state index is 0.0292. The van der Waals surface area contributed by atoms with Gasteiger partial charge in [-0.1, -0.05) is 330 Å². The molecule has 0 aromatic rings. The first-order valence-electron chi connectivity index (χ1n) is 37.3. The summed E-state index contributed by atoms with van der Waals surface area (Å²) in [6.45, 7) is 4.36. The van der Waals surface area contributed by atoms with Crippen molar-refractivity contribution in [3.8, 4) is 0 Å². The summed E-state index contributed by atoms with van der Waals surface area (Å²) in [5.41, 5.74) is 0. The lowest BCUT2D eigenvalue weighted by Crippen LogP contribution is -2.37. The number of carbonyl (C=O) groups excluding carboxylic acids is 2. The van der Waals surface area contributed by atoms with Gasteiger partial charge in [-0.2, -0.15) is 0 Å². The Morgan fingerprint density at radius 1 is 0.364 bits per heavy atom. The van der Waals surface area contributed by atoms with Crippen LogP contribution in [0.25, 0.3) is 0 Å². The van der Waals surface area contributed by atoms with Gasteiger partial charge in [-0.25, -0.2) is 4.57 Å². The molecule has 0 amide bonds. The first-order valence-corrected chi connectivity index (χ1v) is 38.8. The normalized spacial score (nSPS) is 13.6. The molecule has 0 fully saturated rings. The van der Waals surface area contributed by atoms with Crippen LogP contribution < -0.4 is 0 Å². The Balaban J connectivity index is 3.99. The van der Waals surface area contributed by atoms with Gasteiger partial charge in [0.2, 0.25) is 0 Å². The largest absolute Gasteiger partial charge is 0.472 e. The highest BCUT2D eigenvalue weighted by Gasteiger charge is 2.27. The van der Waals surface area contributed by atoms with Crippen molar-refractivity contribution in [3.63, 3.8) is 0 Å². The van der Waals surface area contributed by atoms with Crippen molar-refractivity contribution in [1.82, 2.24) is 0 Å². The first-order chi connectivity index (χ1) is 43.0. The zero-order valence-corrected chi connectivity index (χ0v) is 59.4. The summed E-state index contributed by atoms with van der Waals surface area (Å²) in [5.74, 6) is -0.791. The zero-order chi connectivity index (χ0) is 64.1. The van der Waals surface area contributed by atoms with E-state index in [9.17, 15) is 19.0 Å². The summed E-state index contributed by atoms with van der Waals surface area (Å²) < 4.78 is 34.8. The molecule has 88 heavy (non-hydrogen) atoms. The van der Waals surface area contributed by atoms with E-state index in [1.807, 2.05) is 21.1 Å². The van der Waals surface area contributed by atoms with E-state index in [1.165, 1.54) is 231 Å². The quantitative estimate of drug-likeness (QED) is 0.0211. The van der Waals surface area contributed by atoms with Crippen molar-refractivity contribution in [3.05, 3.63) is 85.1 Å². The Morgan fingerprint density at radius 2 is 0.648 bits per heavy atom. The molecule has 0 aliphatic heterocycles. The summed E-state index contributed by atoms with van der Waals surface area (Å²) >= 11 is 0. The number of rotatable bonds is 69. The third-order valence-electron chi connectivity index (χ3n) is 16.4. The molecule has 0 aliphatic rings. The number of carbonyl (C=O) groups is 2. The Kier molecular flexibility index (Phi) is 66.4.